The van der Waals surface area contributed by atoms with Crippen molar-refractivity contribution in [2.75, 3.05) is 7.05 Å². The number of aromatic amines is 1. The van der Waals surface area contributed by atoms with Gasteiger partial charge in [-0.1, -0.05) is 0 Å². The van der Waals surface area contributed by atoms with Crippen LogP contribution in [-0.2, 0) is 4.79 Å². The molecule has 22 heavy (non-hydrogen) atoms. The first-order valence-corrected chi connectivity index (χ1v) is 6.86. The van der Waals surface area contributed by atoms with Crippen molar-refractivity contribution in [3.63, 3.8) is 0 Å². The Morgan fingerprint density at radius 1 is 1.36 bits per heavy atom. The average molecular weight is 312 g/mol. The van der Waals surface area contributed by atoms with E-state index in [1.54, 1.807) is 0 Å². The number of hydrogen-bond acceptors (Lipinski definition) is 4. The average Bonchev–Trinajstić information content (AvgIpc) is 2.98. The number of hydrogen-bond donors (Lipinski definition) is 4. The molecule has 0 aromatic carbocycles. The van der Waals surface area contributed by atoms with Crippen LogP contribution in [-0.4, -0.2) is 51.6 Å². The van der Waals surface area contributed by atoms with Crippen molar-refractivity contribution < 1.29 is 23.9 Å². The van der Waals surface area contributed by atoms with E-state index in [2.05, 4.69) is 20.6 Å². The monoisotopic (exact) mass is 312 g/mol. The number of carbonyl (C=O) groups is 3. The molecule has 0 spiro atoms. The van der Waals surface area contributed by atoms with Gasteiger partial charge >= 0.3 is 5.97 Å². The van der Waals surface area contributed by atoms with E-state index < -0.39 is 23.5 Å². The number of nitrogens with one attached hydrogen (secondary N) is 3. The van der Waals surface area contributed by atoms with Gasteiger partial charge in [0.05, 0.1) is 6.33 Å². The Morgan fingerprint density at radius 2 is 2.00 bits per heavy atom. The van der Waals surface area contributed by atoms with E-state index >= 15 is 0 Å². The number of carboxylic acids is 1. The number of H-pyrrole nitrogens is 1. The molecule has 0 bridgehead atoms. The summed E-state index contributed by atoms with van der Waals surface area (Å²) in [6, 6.07) is -0.343. The number of imidazole rings is 1. The second kappa shape index (κ2) is 6.12. The lowest BCUT2D eigenvalue weighted by Crippen LogP contribution is -2.45. The predicted octanol–water partition coefficient (Wildman–Crippen LogP) is 0.235. The number of nitrogens with zero attached hydrogens (tertiary/aromatic N) is 1. The summed E-state index contributed by atoms with van der Waals surface area (Å²) in [6.07, 6.45) is 1.35. The molecule has 0 radical (unpaired) electrons. The van der Waals surface area contributed by atoms with Crippen molar-refractivity contribution in [3.8, 4) is 0 Å². The molecule has 1 aliphatic rings. The van der Waals surface area contributed by atoms with Gasteiger partial charge in [-0.05, 0) is 25.7 Å². The molecule has 1 fully saturated rings. The first-order valence-electron chi connectivity index (χ1n) is 6.86. The second-order valence-corrected chi connectivity index (χ2v) is 5.22. The molecule has 2 rings (SSSR count). The molecular formula is C13H17FN4O4. The van der Waals surface area contributed by atoms with Gasteiger partial charge in [0.15, 0.2) is 5.69 Å². The number of carbonyl (C=O) groups excluding carboxylic acids is 2. The van der Waals surface area contributed by atoms with Crippen LogP contribution >= 0.6 is 0 Å². The third-order valence-corrected chi connectivity index (χ3v) is 3.81. The fraction of sp³-hybridized carbons (Fsp3) is 0.538. The molecular weight excluding hydrogens is 295 g/mol. The highest BCUT2D eigenvalue weighted by Gasteiger charge is 2.42. The zero-order valence-electron chi connectivity index (χ0n) is 12.0. The number of aliphatic carboxylic acids is 1. The van der Waals surface area contributed by atoms with Gasteiger partial charge in [-0.2, -0.15) is 0 Å². The lowest BCUT2D eigenvalue weighted by molar-refractivity contribution is -0.153. The summed E-state index contributed by atoms with van der Waals surface area (Å²) in [7, 11) is 1.43. The molecule has 120 valence electrons. The third kappa shape index (κ3) is 3.07. The van der Waals surface area contributed by atoms with Crippen LogP contribution in [0.3, 0.4) is 0 Å². The molecule has 0 aliphatic heterocycles. The van der Waals surface area contributed by atoms with Crippen molar-refractivity contribution >= 4 is 17.8 Å². The summed E-state index contributed by atoms with van der Waals surface area (Å²) in [5, 5.41) is 13.9. The van der Waals surface area contributed by atoms with Crippen LogP contribution in [0.4, 0.5) is 4.39 Å². The normalized spacial score (nSPS) is 24.5. The molecule has 9 heteroatoms. The number of alkyl halides is 1. The maximum atomic E-state index is 13.9. The van der Waals surface area contributed by atoms with Crippen molar-refractivity contribution in [3.05, 3.63) is 17.7 Å². The standard InChI is InChI=1S/C13H17FN4O4/c1-15-10(19)8-9(17-6-16-8)11(20)18-7-2-4-13(14,5-3-7)12(21)22/h6-7H,2-5H2,1H3,(H,15,19)(H,16,17)(H,18,20)(H,21,22). The minimum atomic E-state index is -2.22. The van der Waals surface area contributed by atoms with Gasteiger partial charge in [0.25, 0.3) is 11.8 Å². The van der Waals surface area contributed by atoms with E-state index in [1.807, 2.05) is 0 Å². The fourth-order valence-electron chi connectivity index (χ4n) is 2.45. The van der Waals surface area contributed by atoms with Crippen LogP contribution in [0.15, 0.2) is 6.33 Å². The van der Waals surface area contributed by atoms with Crippen molar-refractivity contribution in [2.45, 2.75) is 37.4 Å². The van der Waals surface area contributed by atoms with Gasteiger partial charge in [-0.15, -0.1) is 0 Å². The molecule has 0 atom stereocenters. The lowest BCUT2D eigenvalue weighted by Gasteiger charge is -2.31. The fourth-order valence-corrected chi connectivity index (χ4v) is 2.45. The molecule has 1 saturated carbocycles. The topological polar surface area (TPSA) is 124 Å². The number of rotatable bonds is 4. The Morgan fingerprint density at radius 3 is 2.55 bits per heavy atom. The van der Waals surface area contributed by atoms with E-state index in [-0.39, 0.29) is 43.1 Å². The number of carboxylic acid groups (broad SMARTS) is 1. The first kappa shape index (κ1) is 15.9. The predicted molar refractivity (Wildman–Crippen MR) is 73.2 cm³/mol. The molecule has 4 N–H and O–H groups in total. The van der Waals surface area contributed by atoms with E-state index in [9.17, 15) is 18.8 Å². The van der Waals surface area contributed by atoms with Crippen LogP contribution in [0.25, 0.3) is 0 Å². The Labute approximate surface area is 125 Å². The highest BCUT2D eigenvalue weighted by atomic mass is 19.1. The van der Waals surface area contributed by atoms with Crippen LogP contribution in [0.2, 0.25) is 0 Å². The first-order chi connectivity index (χ1) is 10.4. The van der Waals surface area contributed by atoms with Gasteiger partial charge < -0.3 is 20.7 Å². The summed E-state index contributed by atoms with van der Waals surface area (Å²) >= 11 is 0. The Kier molecular flexibility index (Phi) is 4.43. The summed E-state index contributed by atoms with van der Waals surface area (Å²) in [6.45, 7) is 0. The van der Waals surface area contributed by atoms with Gasteiger partial charge in [0.2, 0.25) is 5.67 Å². The highest BCUT2D eigenvalue weighted by Crippen LogP contribution is 2.32. The third-order valence-electron chi connectivity index (χ3n) is 3.81. The van der Waals surface area contributed by atoms with E-state index in [0.717, 1.165) is 0 Å². The van der Waals surface area contributed by atoms with Crippen LogP contribution < -0.4 is 10.6 Å². The Bertz CT molecular complexity index is 593. The van der Waals surface area contributed by atoms with Crippen LogP contribution in [0.1, 0.15) is 46.7 Å². The Hall–Kier alpha value is -2.45. The van der Waals surface area contributed by atoms with Gasteiger partial charge in [-0.3, -0.25) is 9.59 Å². The van der Waals surface area contributed by atoms with Crippen LogP contribution in [0.5, 0.6) is 0 Å². The lowest BCUT2D eigenvalue weighted by atomic mass is 9.83. The molecule has 2 amide bonds. The van der Waals surface area contributed by atoms with Gasteiger partial charge in [0, 0.05) is 13.1 Å². The van der Waals surface area contributed by atoms with Crippen molar-refractivity contribution in [2.24, 2.45) is 0 Å². The number of halogens is 1. The zero-order valence-corrected chi connectivity index (χ0v) is 12.0. The SMILES string of the molecule is CNC(=O)c1[nH]cnc1C(=O)NC1CCC(F)(C(=O)O)CC1. The smallest absolute Gasteiger partial charge is 0.341 e. The summed E-state index contributed by atoms with van der Waals surface area (Å²) in [5.41, 5.74) is -2.23. The van der Waals surface area contributed by atoms with Gasteiger partial charge in [-0.25, -0.2) is 14.2 Å². The number of aromatic nitrogens is 2. The number of amides is 2. The van der Waals surface area contributed by atoms with Crippen molar-refractivity contribution in [1.82, 2.24) is 20.6 Å². The van der Waals surface area contributed by atoms with E-state index in [0.29, 0.717) is 0 Å². The van der Waals surface area contributed by atoms with Gasteiger partial charge in [0.1, 0.15) is 5.69 Å². The molecule has 8 nitrogen and oxygen atoms in total. The van der Waals surface area contributed by atoms with E-state index in [4.69, 9.17) is 5.11 Å². The quantitative estimate of drug-likeness (QED) is 0.634. The molecule has 1 aromatic rings. The summed E-state index contributed by atoms with van der Waals surface area (Å²) in [5.74, 6) is -2.49. The largest absolute Gasteiger partial charge is 0.479 e. The summed E-state index contributed by atoms with van der Waals surface area (Å²) < 4.78 is 13.9. The molecule has 1 aromatic heterocycles. The Balaban J connectivity index is 1.98. The molecule has 1 aliphatic carbocycles. The van der Waals surface area contributed by atoms with Crippen LogP contribution in [0, 0.1) is 0 Å². The minimum absolute atomic E-state index is 0.0428. The molecule has 1 heterocycles. The highest BCUT2D eigenvalue weighted by molar-refractivity contribution is 6.04. The van der Waals surface area contributed by atoms with E-state index in [1.165, 1.54) is 13.4 Å². The molecule has 0 unspecified atom stereocenters. The maximum Gasteiger partial charge on any atom is 0.341 e. The molecule has 0 saturated heterocycles. The second-order valence-electron chi connectivity index (χ2n) is 5.22. The zero-order chi connectivity index (χ0) is 16.3. The summed E-state index contributed by atoms with van der Waals surface area (Å²) in [4.78, 5) is 40.9. The maximum absolute atomic E-state index is 13.9. The van der Waals surface area contributed by atoms with Crippen molar-refractivity contribution in [1.29, 1.82) is 0 Å². The minimum Gasteiger partial charge on any atom is -0.479 e.